The van der Waals surface area contributed by atoms with Crippen LogP contribution in [-0.4, -0.2) is 56.7 Å². The molecule has 1 fully saturated rings. The van der Waals surface area contributed by atoms with E-state index in [0.29, 0.717) is 35.5 Å². The van der Waals surface area contributed by atoms with Crippen molar-refractivity contribution in [2.24, 2.45) is 0 Å². The first-order valence-electron chi connectivity index (χ1n) is 8.57. The number of amides is 1. The lowest BCUT2D eigenvalue weighted by Gasteiger charge is -2.16. The Morgan fingerprint density at radius 1 is 1.50 bits per heavy atom. The molecule has 0 N–H and O–H groups in total. The van der Waals surface area contributed by atoms with Crippen LogP contribution in [0.25, 0.3) is 11.6 Å². The van der Waals surface area contributed by atoms with Crippen LogP contribution >= 0.6 is 23.5 Å². The molecule has 0 saturated carbocycles. The molecule has 1 saturated heterocycles. The number of allylic oxidation sites excluding steroid dienone is 1. The van der Waals surface area contributed by atoms with Crippen molar-refractivity contribution in [3.8, 4) is 11.6 Å². The number of nitrogens with zero attached hydrogens (tertiary/aromatic N) is 4. The average Bonchev–Trinajstić information content (AvgIpc) is 3.42. The number of carbonyl (C=O) groups is 2. The van der Waals surface area contributed by atoms with E-state index in [2.05, 4.69) is 21.5 Å². The Kier molecular flexibility index (Phi) is 6.99. The van der Waals surface area contributed by atoms with Gasteiger partial charge in [-0.25, -0.2) is 4.79 Å². The zero-order valence-corrected chi connectivity index (χ0v) is 17.0. The standard InChI is InChI=1S/C18H20N4O4S2/c1-3-7-22-17(13-6-4-9-26-13)19-20-18(22)27-10-5-8-21-14(23)12-28-15(21)11-16(24)25-2/h3-4,6,9,11H,1,5,7-8,10,12H2,2H3/b15-11+. The van der Waals surface area contributed by atoms with Gasteiger partial charge in [0, 0.05) is 18.8 Å². The molecule has 3 heterocycles. The zero-order chi connectivity index (χ0) is 19.9. The summed E-state index contributed by atoms with van der Waals surface area (Å²) in [5.41, 5.74) is 0. The van der Waals surface area contributed by atoms with Gasteiger partial charge in [-0.2, -0.15) is 0 Å². The van der Waals surface area contributed by atoms with Gasteiger partial charge in [-0.15, -0.1) is 16.8 Å². The maximum atomic E-state index is 12.1. The molecule has 0 spiro atoms. The largest absolute Gasteiger partial charge is 0.466 e. The first-order valence-corrected chi connectivity index (χ1v) is 10.5. The quantitative estimate of drug-likeness (QED) is 0.201. The molecule has 8 nitrogen and oxygen atoms in total. The summed E-state index contributed by atoms with van der Waals surface area (Å²) in [6.07, 6.45) is 5.48. The van der Waals surface area contributed by atoms with Crippen molar-refractivity contribution in [2.45, 2.75) is 18.1 Å². The number of hydrogen-bond donors (Lipinski definition) is 0. The van der Waals surface area contributed by atoms with Crippen molar-refractivity contribution in [1.29, 1.82) is 0 Å². The number of methoxy groups -OCH3 is 1. The summed E-state index contributed by atoms with van der Waals surface area (Å²) in [5, 5.41) is 9.87. The summed E-state index contributed by atoms with van der Waals surface area (Å²) in [5.74, 6) is 1.93. The number of thioether (sulfide) groups is 2. The van der Waals surface area contributed by atoms with Crippen LogP contribution in [0.2, 0.25) is 0 Å². The number of hydrogen-bond acceptors (Lipinski definition) is 8. The summed E-state index contributed by atoms with van der Waals surface area (Å²) in [7, 11) is 1.32. The lowest BCUT2D eigenvalue weighted by molar-refractivity contribution is -0.134. The fourth-order valence-electron chi connectivity index (χ4n) is 2.59. The van der Waals surface area contributed by atoms with Gasteiger partial charge in [0.05, 0.1) is 30.2 Å². The highest BCUT2D eigenvalue weighted by Crippen LogP contribution is 2.30. The van der Waals surface area contributed by atoms with E-state index in [0.717, 1.165) is 17.3 Å². The van der Waals surface area contributed by atoms with Crippen LogP contribution in [0.1, 0.15) is 6.42 Å². The number of esters is 1. The van der Waals surface area contributed by atoms with Gasteiger partial charge in [0.1, 0.15) is 0 Å². The molecule has 0 aromatic carbocycles. The van der Waals surface area contributed by atoms with Crippen molar-refractivity contribution in [3.05, 3.63) is 42.2 Å². The molecule has 2 aromatic rings. The number of carbonyl (C=O) groups excluding carboxylic acids is 2. The third kappa shape index (κ3) is 4.68. The molecule has 1 aliphatic heterocycles. The van der Waals surface area contributed by atoms with E-state index < -0.39 is 5.97 Å². The molecule has 0 unspecified atom stereocenters. The van der Waals surface area contributed by atoms with Crippen molar-refractivity contribution >= 4 is 35.4 Å². The highest BCUT2D eigenvalue weighted by molar-refractivity contribution is 8.04. The van der Waals surface area contributed by atoms with E-state index in [4.69, 9.17) is 4.42 Å². The van der Waals surface area contributed by atoms with Crippen molar-refractivity contribution < 1.29 is 18.7 Å². The fourth-order valence-corrected chi connectivity index (χ4v) is 4.42. The van der Waals surface area contributed by atoms with Crippen molar-refractivity contribution in [3.63, 3.8) is 0 Å². The molecule has 148 valence electrons. The average molecular weight is 421 g/mol. The normalized spacial score (nSPS) is 15.4. The molecule has 1 aliphatic rings. The van der Waals surface area contributed by atoms with E-state index in [1.54, 1.807) is 35.1 Å². The minimum atomic E-state index is -0.459. The maximum absolute atomic E-state index is 12.1. The minimum Gasteiger partial charge on any atom is -0.466 e. The molecule has 3 rings (SSSR count). The molecule has 0 aliphatic carbocycles. The molecule has 28 heavy (non-hydrogen) atoms. The molecule has 1 amide bonds. The number of ether oxygens (including phenoxy) is 1. The predicted molar refractivity (Wildman–Crippen MR) is 108 cm³/mol. The molecule has 2 aromatic heterocycles. The summed E-state index contributed by atoms with van der Waals surface area (Å²) in [6.45, 7) is 4.89. The summed E-state index contributed by atoms with van der Waals surface area (Å²) < 4.78 is 12.0. The van der Waals surface area contributed by atoms with Gasteiger partial charge < -0.3 is 14.1 Å². The smallest absolute Gasteiger partial charge is 0.333 e. The second-order valence-corrected chi connectivity index (χ2v) is 7.78. The Bertz CT molecular complexity index is 876. The summed E-state index contributed by atoms with van der Waals surface area (Å²) in [6, 6.07) is 3.64. The number of furan rings is 1. The first kappa shape index (κ1) is 20.3. The van der Waals surface area contributed by atoms with Crippen molar-refractivity contribution in [1.82, 2.24) is 19.7 Å². The lowest BCUT2D eigenvalue weighted by Crippen LogP contribution is -2.26. The van der Waals surface area contributed by atoms with Crippen molar-refractivity contribution in [2.75, 3.05) is 25.2 Å². The van der Waals surface area contributed by atoms with E-state index in [1.807, 2.05) is 10.6 Å². The summed E-state index contributed by atoms with van der Waals surface area (Å²) >= 11 is 2.90. The second kappa shape index (κ2) is 9.65. The van der Waals surface area contributed by atoms with E-state index in [9.17, 15) is 9.59 Å². The monoisotopic (exact) mass is 420 g/mol. The Balaban J connectivity index is 1.59. The Morgan fingerprint density at radius 2 is 2.36 bits per heavy atom. The molecular weight excluding hydrogens is 400 g/mol. The first-order chi connectivity index (χ1) is 13.6. The van der Waals surface area contributed by atoms with Gasteiger partial charge in [0.2, 0.25) is 11.7 Å². The molecule has 10 heteroatoms. The predicted octanol–water partition coefficient (Wildman–Crippen LogP) is 2.80. The highest BCUT2D eigenvalue weighted by atomic mass is 32.2. The Hall–Kier alpha value is -2.46. The van der Waals surface area contributed by atoms with Crippen LogP contribution in [-0.2, 0) is 20.9 Å². The van der Waals surface area contributed by atoms with Gasteiger partial charge in [0.25, 0.3) is 0 Å². The topological polar surface area (TPSA) is 90.5 Å². The van der Waals surface area contributed by atoms with Crippen LogP contribution < -0.4 is 0 Å². The SMILES string of the molecule is C=CCn1c(SCCCN2C(=O)CS/C2=C/C(=O)OC)nnc1-c1ccco1. The zero-order valence-electron chi connectivity index (χ0n) is 15.4. The molecule has 0 radical (unpaired) electrons. The van der Waals surface area contributed by atoms with Gasteiger partial charge in [-0.3, -0.25) is 9.36 Å². The third-order valence-electron chi connectivity index (χ3n) is 3.88. The highest BCUT2D eigenvalue weighted by Gasteiger charge is 2.27. The van der Waals surface area contributed by atoms with Crippen LogP contribution in [0.15, 0.2) is 51.7 Å². The van der Waals surface area contributed by atoms with E-state index in [1.165, 1.54) is 24.9 Å². The van der Waals surface area contributed by atoms with E-state index in [-0.39, 0.29) is 5.91 Å². The van der Waals surface area contributed by atoms with Gasteiger partial charge in [-0.05, 0) is 18.6 Å². The van der Waals surface area contributed by atoms with Gasteiger partial charge >= 0.3 is 5.97 Å². The number of aromatic nitrogens is 3. The molecule has 0 atom stereocenters. The second-order valence-electron chi connectivity index (χ2n) is 5.72. The summed E-state index contributed by atoms with van der Waals surface area (Å²) in [4.78, 5) is 25.1. The van der Waals surface area contributed by atoms with Crippen LogP contribution in [0.4, 0.5) is 0 Å². The fraction of sp³-hybridized carbons (Fsp3) is 0.333. The third-order valence-corrected chi connectivity index (χ3v) is 5.96. The van der Waals surface area contributed by atoms with Gasteiger partial charge in [-0.1, -0.05) is 29.6 Å². The van der Waals surface area contributed by atoms with E-state index >= 15 is 0 Å². The molecular formula is C18H20N4O4S2. The minimum absolute atomic E-state index is 0.0000767. The number of rotatable bonds is 9. The Labute approximate surface area is 171 Å². The lowest BCUT2D eigenvalue weighted by atomic mass is 10.4. The maximum Gasteiger partial charge on any atom is 0.333 e. The van der Waals surface area contributed by atoms with Crippen LogP contribution in [0.5, 0.6) is 0 Å². The van der Waals surface area contributed by atoms with Gasteiger partial charge in [0.15, 0.2) is 10.9 Å². The van der Waals surface area contributed by atoms with Crippen LogP contribution in [0.3, 0.4) is 0 Å². The van der Waals surface area contributed by atoms with Crippen LogP contribution in [0, 0.1) is 0 Å². The Morgan fingerprint density at radius 3 is 3.07 bits per heavy atom. The molecule has 0 bridgehead atoms.